The number of hydrogen-bond donors (Lipinski definition) is 6. The molecule has 2 rings (SSSR count). The van der Waals surface area contributed by atoms with Crippen LogP contribution in [0.1, 0.15) is 37.4 Å². The quantitative estimate of drug-likeness (QED) is 0.383. The Morgan fingerprint density at radius 2 is 1.65 bits per heavy atom. The Balaban J connectivity index is 0.000000504. The molecule has 26 heavy (non-hydrogen) atoms. The molecule has 0 amide bonds. The average Bonchev–Trinajstić information content (AvgIpc) is 2.51. The van der Waals surface area contributed by atoms with E-state index in [0.717, 1.165) is 11.1 Å². The van der Waals surface area contributed by atoms with Crippen molar-refractivity contribution in [3.8, 4) is 0 Å². The molecule has 9 N–H and O–H groups in total. The molecule has 1 aromatic carbocycles. The highest BCUT2D eigenvalue weighted by Gasteiger charge is 2.36. The normalized spacial score (nSPS) is 22.6. The van der Waals surface area contributed by atoms with Crippen molar-refractivity contribution in [2.75, 3.05) is 0 Å². The molecule has 0 unspecified atom stereocenters. The summed E-state index contributed by atoms with van der Waals surface area (Å²) < 4.78 is 13.2. The minimum Gasteiger partial charge on any atom is -0.479 e. The molecule has 10 heteroatoms. The van der Waals surface area contributed by atoms with E-state index >= 15 is 0 Å². The zero-order chi connectivity index (χ0) is 19.5. The molecule has 1 aliphatic rings. The SMILES string of the molecule is CC1(C)C[C@@H](O)[C@H](N)c2ccc(F)cc21.O.O=C(O)[C@@H](O)[C@H](O)C(=O)O. The van der Waals surface area contributed by atoms with Crippen LogP contribution in [-0.2, 0) is 15.0 Å². The second-order valence-electron chi connectivity index (χ2n) is 6.48. The predicted octanol–water partition coefficient (Wildman–Crippen LogP) is -1.08. The van der Waals surface area contributed by atoms with Gasteiger partial charge in [-0.1, -0.05) is 19.9 Å². The highest BCUT2D eigenvalue weighted by molar-refractivity contribution is 5.83. The molecule has 0 saturated heterocycles. The van der Waals surface area contributed by atoms with Crippen molar-refractivity contribution in [2.45, 2.75) is 50.0 Å². The lowest BCUT2D eigenvalue weighted by Gasteiger charge is -2.38. The molecule has 0 radical (unpaired) electrons. The highest BCUT2D eigenvalue weighted by atomic mass is 19.1. The molecule has 0 fully saturated rings. The Morgan fingerprint density at radius 3 is 2.08 bits per heavy atom. The molecule has 1 aromatic rings. The number of fused-ring (bicyclic) bond motifs is 1. The van der Waals surface area contributed by atoms with E-state index < -0.39 is 36.3 Å². The molecule has 4 atom stereocenters. The Labute approximate surface area is 148 Å². The largest absolute Gasteiger partial charge is 0.479 e. The van der Waals surface area contributed by atoms with Crippen LogP contribution < -0.4 is 5.73 Å². The van der Waals surface area contributed by atoms with Crippen LogP contribution in [0.2, 0.25) is 0 Å². The van der Waals surface area contributed by atoms with Crippen molar-refractivity contribution in [3.05, 3.63) is 35.1 Å². The number of benzene rings is 1. The molecule has 148 valence electrons. The fourth-order valence-electron chi connectivity index (χ4n) is 2.64. The summed E-state index contributed by atoms with van der Waals surface area (Å²) >= 11 is 0. The first kappa shape index (κ1) is 23.9. The van der Waals surface area contributed by atoms with E-state index in [1.165, 1.54) is 12.1 Å². The zero-order valence-electron chi connectivity index (χ0n) is 14.3. The maximum Gasteiger partial charge on any atom is 0.335 e. The zero-order valence-corrected chi connectivity index (χ0v) is 14.3. The van der Waals surface area contributed by atoms with Crippen molar-refractivity contribution in [1.29, 1.82) is 0 Å². The van der Waals surface area contributed by atoms with Crippen LogP contribution in [0.15, 0.2) is 18.2 Å². The third-order valence-corrected chi connectivity index (χ3v) is 4.04. The number of rotatable bonds is 3. The summed E-state index contributed by atoms with van der Waals surface area (Å²) in [5, 5.41) is 42.3. The lowest BCUT2D eigenvalue weighted by molar-refractivity contribution is -0.165. The molecule has 0 spiro atoms. The maximum atomic E-state index is 13.2. The lowest BCUT2D eigenvalue weighted by Crippen LogP contribution is -2.39. The number of aliphatic carboxylic acids is 2. The maximum absolute atomic E-state index is 13.2. The standard InChI is InChI=1S/C12H16FNO.C4H6O6.H2O/c1-12(2)6-10(15)11(14)8-4-3-7(13)5-9(8)12;5-1(3(7)8)2(6)4(9)10;/h3-5,10-11,15H,6,14H2,1-2H3;1-2,5-6H,(H,7,8)(H,9,10);1H2/t10-,11-;1-,2-;/m10./s1. The molecule has 0 saturated carbocycles. The van der Waals surface area contributed by atoms with Gasteiger partial charge >= 0.3 is 11.9 Å². The van der Waals surface area contributed by atoms with E-state index in [0.29, 0.717) is 6.42 Å². The number of nitrogens with two attached hydrogens (primary N) is 1. The Hall–Kier alpha value is -2.11. The van der Waals surface area contributed by atoms with Crippen LogP contribution in [0.4, 0.5) is 4.39 Å². The molecule has 9 nitrogen and oxygen atoms in total. The third-order valence-electron chi connectivity index (χ3n) is 4.04. The van der Waals surface area contributed by atoms with E-state index in [2.05, 4.69) is 0 Å². The van der Waals surface area contributed by atoms with E-state index in [4.69, 9.17) is 26.2 Å². The van der Waals surface area contributed by atoms with Gasteiger partial charge < -0.3 is 36.7 Å². The lowest BCUT2D eigenvalue weighted by atomic mass is 9.70. The van der Waals surface area contributed by atoms with Crippen molar-refractivity contribution in [1.82, 2.24) is 0 Å². The van der Waals surface area contributed by atoms with E-state index in [1.54, 1.807) is 6.07 Å². The second kappa shape index (κ2) is 9.01. The number of halogens is 1. The first-order valence-electron chi connectivity index (χ1n) is 7.43. The number of carbonyl (C=O) groups is 2. The first-order valence-corrected chi connectivity index (χ1v) is 7.43. The van der Waals surface area contributed by atoms with Gasteiger partial charge in [0.2, 0.25) is 0 Å². The number of carboxylic acid groups (broad SMARTS) is 2. The topological polar surface area (TPSA) is 193 Å². The van der Waals surface area contributed by atoms with E-state index in [9.17, 15) is 19.1 Å². The monoisotopic (exact) mass is 377 g/mol. The van der Waals surface area contributed by atoms with Gasteiger partial charge in [-0.3, -0.25) is 0 Å². The van der Waals surface area contributed by atoms with Gasteiger partial charge in [-0.25, -0.2) is 14.0 Å². The highest BCUT2D eigenvalue weighted by Crippen LogP contribution is 2.40. The summed E-state index contributed by atoms with van der Waals surface area (Å²) in [4.78, 5) is 19.5. The van der Waals surface area contributed by atoms with Crippen LogP contribution >= 0.6 is 0 Å². The average molecular weight is 377 g/mol. The smallest absolute Gasteiger partial charge is 0.335 e. The summed E-state index contributed by atoms with van der Waals surface area (Å²) in [6, 6.07) is 4.21. The fourth-order valence-corrected chi connectivity index (χ4v) is 2.64. The van der Waals surface area contributed by atoms with Crippen LogP contribution in [0.5, 0.6) is 0 Å². The van der Waals surface area contributed by atoms with Gasteiger partial charge in [0.15, 0.2) is 12.2 Å². The summed E-state index contributed by atoms with van der Waals surface area (Å²) in [5.74, 6) is -3.78. The van der Waals surface area contributed by atoms with Crippen LogP contribution in [-0.4, -0.2) is 61.3 Å². The molecule has 0 heterocycles. The van der Waals surface area contributed by atoms with Crippen LogP contribution in [0, 0.1) is 5.82 Å². The van der Waals surface area contributed by atoms with E-state index in [-0.39, 0.29) is 16.7 Å². The van der Waals surface area contributed by atoms with Gasteiger partial charge in [-0.05, 0) is 35.1 Å². The summed E-state index contributed by atoms with van der Waals surface area (Å²) in [7, 11) is 0. The Kier molecular flexibility index (Phi) is 8.28. The van der Waals surface area contributed by atoms with Gasteiger partial charge in [0.05, 0.1) is 12.1 Å². The van der Waals surface area contributed by atoms with Crippen LogP contribution in [0.3, 0.4) is 0 Å². The van der Waals surface area contributed by atoms with Gasteiger partial charge in [-0.15, -0.1) is 0 Å². The predicted molar refractivity (Wildman–Crippen MR) is 87.9 cm³/mol. The number of aliphatic hydroxyl groups is 3. The van der Waals surface area contributed by atoms with Gasteiger partial charge in [0.25, 0.3) is 0 Å². The van der Waals surface area contributed by atoms with Crippen molar-refractivity contribution in [3.63, 3.8) is 0 Å². The minimum absolute atomic E-state index is 0. The number of aliphatic hydroxyl groups excluding tert-OH is 3. The van der Waals surface area contributed by atoms with E-state index in [1.807, 2.05) is 13.8 Å². The van der Waals surface area contributed by atoms with Crippen molar-refractivity contribution in [2.24, 2.45) is 5.73 Å². The minimum atomic E-state index is -2.27. The van der Waals surface area contributed by atoms with Gasteiger partial charge in [0.1, 0.15) is 5.82 Å². The van der Waals surface area contributed by atoms with Gasteiger partial charge in [-0.2, -0.15) is 0 Å². The summed E-state index contributed by atoms with van der Waals surface area (Å²) in [6.07, 6.45) is -4.50. The molecule has 0 aromatic heterocycles. The summed E-state index contributed by atoms with van der Waals surface area (Å²) in [5.41, 5.74) is 7.45. The Bertz CT molecular complexity index is 633. The molecule has 1 aliphatic carbocycles. The van der Waals surface area contributed by atoms with Crippen LogP contribution in [0.25, 0.3) is 0 Å². The van der Waals surface area contributed by atoms with Crippen molar-refractivity contribution < 1.29 is 45.0 Å². The summed E-state index contributed by atoms with van der Waals surface area (Å²) in [6.45, 7) is 4.00. The van der Waals surface area contributed by atoms with Crippen molar-refractivity contribution >= 4 is 11.9 Å². The fraction of sp³-hybridized carbons (Fsp3) is 0.500. The molecule has 0 bridgehead atoms. The number of hydrogen-bond acceptors (Lipinski definition) is 6. The molecular formula is C16H24FNO8. The first-order chi connectivity index (χ1) is 11.4. The third kappa shape index (κ3) is 5.44. The molecule has 0 aliphatic heterocycles. The molecular weight excluding hydrogens is 353 g/mol. The number of carboxylic acids is 2. The van der Waals surface area contributed by atoms with Gasteiger partial charge in [0, 0.05) is 0 Å². The Morgan fingerprint density at radius 1 is 1.19 bits per heavy atom. The second-order valence-corrected chi connectivity index (χ2v) is 6.48.